The van der Waals surface area contributed by atoms with Gasteiger partial charge in [0.15, 0.2) is 0 Å². The van der Waals surface area contributed by atoms with Gasteiger partial charge in [0.2, 0.25) is 0 Å². The summed E-state index contributed by atoms with van der Waals surface area (Å²) < 4.78 is 4.92. The number of carbonyl (C=O) groups is 2. The molecular weight excluding hydrogens is 196 g/mol. The Morgan fingerprint density at radius 2 is 2.27 bits per heavy atom. The number of methoxy groups -OCH3 is 1. The van der Waals surface area contributed by atoms with Crippen molar-refractivity contribution in [1.82, 2.24) is 10.2 Å². The lowest BCUT2D eigenvalue weighted by Gasteiger charge is -2.20. The van der Waals surface area contributed by atoms with Crippen LogP contribution in [0.1, 0.15) is 13.3 Å². The Morgan fingerprint density at radius 3 is 2.80 bits per heavy atom. The number of nitrogens with zero attached hydrogens (tertiary/aromatic N) is 1. The lowest BCUT2D eigenvalue weighted by molar-refractivity contribution is -0.132. The van der Waals surface area contributed by atoms with E-state index in [-0.39, 0.29) is 18.5 Å². The molecule has 1 fully saturated rings. The SMILES string of the molecule is C=CCCN1C(=O)N[C@@](C)(COC)C1=O. The predicted molar refractivity (Wildman–Crippen MR) is 55.3 cm³/mol. The maximum Gasteiger partial charge on any atom is 0.325 e. The van der Waals surface area contributed by atoms with E-state index in [9.17, 15) is 9.59 Å². The average Bonchev–Trinajstić information content (AvgIpc) is 2.37. The van der Waals surface area contributed by atoms with Crippen molar-refractivity contribution >= 4 is 11.9 Å². The fraction of sp³-hybridized carbons (Fsp3) is 0.600. The lowest BCUT2D eigenvalue weighted by atomic mass is 10.0. The van der Waals surface area contributed by atoms with Gasteiger partial charge >= 0.3 is 6.03 Å². The van der Waals surface area contributed by atoms with Gasteiger partial charge in [0, 0.05) is 13.7 Å². The largest absolute Gasteiger partial charge is 0.382 e. The summed E-state index contributed by atoms with van der Waals surface area (Å²) in [6, 6.07) is -0.360. The van der Waals surface area contributed by atoms with E-state index in [0.29, 0.717) is 13.0 Å². The van der Waals surface area contributed by atoms with E-state index < -0.39 is 5.54 Å². The highest BCUT2D eigenvalue weighted by atomic mass is 16.5. The molecule has 5 heteroatoms. The van der Waals surface area contributed by atoms with Crippen molar-refractivity contribution in [2.24, 2.45) is 0 Å². The second-order valence-electron chi connectivity index (χ2n) is 3.73. The third-order valence-corrected chi connectivity index (χ3v) is 2.33. The Kier molecular flexibility index (Phi) is 3.47. The third kappa shape index (κ3) is 2.18. The average molecular weight is 212 g/mol. The highest BCUT2D eigenvalue weighted by Crippen LogP contribution is 2.17. The lowest BCUT2D eigenvalue weighted by Crippen LogP contribution is -2.47. The van der Waals surface area contributed by atoms with Crippen molar-refractivity contribution in [1.29, 1.82) is 0 Å². The second kappa shape index (κ2) is 4.44. The number of nitrogens with one attached hydrogen (secondary N) is 1. The van der Waals surface area contributed by atoms with Gasteiger partial charge in [-0.2, -0.15) is 0 Å². The van der Waals surface area contributed by atoms with Crippen molar-refractivity contribution in [2.75, 3.05) is 20.3 Å². The first kappa shape index (κ1) is 11.7. The molecule has 5 nitrogen and oxygen atoms in total. The number of hydrogen-bond acceptors (Lipinski definition) is 3. The number of rotatable bonds is 5. The van der Waals surface area contributed by atoms with Crippen LogP contribution >= 0.6 is 0 Å². The molecule has 1 N–H and O–H groups in total. The zero-order chi connectivity index (χ0) is 11.5. The molecule has 0 bridgehead atoms. The Bertz CT molecular complexity index is 290. The monoisotopic (exact) mass is 212 g/mol. The first-order valence-electron chi connectivity index (χ1n) is 4.79. The molecule has 1 saturated heterocycles. The Balaban J connectivity index is 2.73. The van der Waals surface area contributed by atoms with Gasteiger partial charge in [-0.15, -0.1) is 6.58 Å². The van der Waals surface area contributed by atoms with Crippen molar-refractivity contribution < 1.29 is 14.3 Å². The van der Waals surface area contributed by atoms with Crippen LogP contribution in [0.5, 0.6) is 0 Å². The summed E-state index contributed by atoms with van der Waals surface area (Å²) in [6.45, 7) is 5.76. The molecule has 0 saturated carbocycles. The van der Waals surface area contributed by atoms with Crippen molar-refractivity contribution in [3.05, 3.63) is 12.7 Å². The smallest absolute Gasteiger partial charge is 0.325 e. The normalized spacial score (nSPS) is 25.6. The van der Waals surface area contributed by atoms with Crippen LogP contribution in [-0.2, 0) is 9.53 Å². The molecule has 1 aliphatic heterocycles. The number of amides is 3. The van der Waals surface area contributed by atoms with Crippen molar-refractivity contribution in [2.45, 2.75) is 18.9 Å². The van der Waals surface area contributed by atoms with E-state index >= 15 is 0 Å². The summed E-state index contributed by atoms with van der Waals surface area (Å²) in [7, 11) is 1.50. The quantitative estimate of drug-likeness (QED) is 0.534. The van der Waals surface area contributed by atoms with Crippen LogP contribution in [0.15, 0.2) is 12.7 Å². The summed E-state index contributed by atoms with van der Waals surface area (Å²) in [5.74, 6) is -0.240. The van der Waals surface area contributed by atoms with E-state index in [0.717, 1.165) is 0 Å². The molecule has 0 aliphatic carbocycles. The van der Waals surface area contributed by atoms with Gasteiger partial charge in [-0.25, -0.2) is 4.79 Å². The van der Waals surface area contributed by atoms with Crippen LogP contribution < -0.4 is 5.32 Å². The minimum Gasteiger partial charge on any atom is -0.382 e. The number of imide groups is 1. The standard InChI is InChI=1S/C10H16N2O3/c1-4-5-6-12-8(13)10(2,7-15-3)11-9(12)14/h4H,1,5-7H2,2-3H3,(H,11,14)/t10-/m0/s1. The molecule has 84 valence electrons. The molecule has 0 spiro atoms. The van der Waals surface area contributed by atoms with Gasteiger partial charge in [0.1, 0.15) is 5.54 Å². The number of hydrogen-bond donors (Lipinski definition) is 1. The maximum absolute atomic E-state index is 11.9. The highest BCUT2D eigenvalue weighted by molar-refractivity contribution is 6.06. The van der Waals surface area contributed by atoms with Gasteiger partial charge in [-0.1, -0.05) is 6.08 Å². The Labute approximate surface area is 89.1 Å². The molecule has 0 aromatic carbocycles. The molecule has 1 atom stereocenters. The van der Waals surface area contributed by atoms with Gasteiger partial charge < -0.3 is 10.1 Å². The molecule has 15 heavy (non-hydrogen) atoms. The molecule has 0 aromatic rings. The van der Waals surface area contributed by atoms with E-state index in [2.05, 4.69) is 11.9 Å². The first-order valence-corrected chi connectivity index (χ1v) is 4.79. The van der Waals surface area contributed by atoms with Crippen LogP contribution in [-0.4, -0.2) is 42.6 Å². The number of ether oxygens (including phenoxy) is 1. The third-order valence-electron chi connectivity index (χ3n) is 2.33. The molecule has 3 amide bonds. The minimum absolute atomic E-state index is 0.183. The minimum atomic E-state index is -0.924. The molecule has 1 rings (SSSR count). The molecular formula is C10H16N2O3. The van der Waals surface area contributed by atoms with Gasteiger partial charge in [-0.05, 0) is 13.3 Å². The van der Waals surface area contributed by atoms with Gasteiger partial charge in [-0.3, -0.25) is 9.69 Å². The summed E-state index contributed by atoms with van der Waals surface area (Å²) in [5.41, 5.74) is -0.924. The molecule has 0 aromatic heterocycles. The van der Waals surface area contributed by atoms with Crippen LogP contribution in [0, 0.1) is 0 Å². The van der Waals surface area contributed by atoms with Gasteiger partial charge in [0.05, 0.1) is 6.61 Å². The summed E-state index contributed by atoms with van der Waals surface area (Å²) >= 11 is 0. The number of urea groups is 1. The topological polar surface area (TPSA) is 58.6 Å². The molecule has 0 radical (unpaired) electrons. The highest BCUT2D eigenvalue weighted by Gasteiger charge is 2.47. The van der Waals surface area contributed by atoms with E-state index in [4.69, 9.17) is 4.74 Å². The van der Waals surface area contributed by atoms with Crippen LogP contribution in [0.4, 0.5) is 4.79 Å². The fourth-order valence-electron chi connectivity index (χ4n) is 1.56. The van der Waals surface area contributed by atoms with E-state index in [1.165, 1.54) is 12.0 Å². The fourth-order valence-corrected chi connectivity index (χ4v) is 1.56. The van der Waals surface area contributed by atoms with Gasteiger partial charge in [0.25, 0.3) is 5.91 Å². The maximum atomic E-state index is 11.9. The van der Waals surface area contributed by atoms with Crippen LogP contribution in [0.3, 0.4) is 0 Å². The van der Waals surface area contributed by atoms with E-state index in [1.807, 2.05) is 0 Å². The van der Waals surface area contributed by atoms with Crippen LogP contribution in [0.25, 0.3) is 0 Å². The first-order chi connectivity index (χ1) is 7.05. The van der Waals surface area contributed by atoms with E-state index in [1.54, 1.807) is 13.0 Å². The molecule has 1 aliphatic rings. The summed E-state index contributed by atoms with van der Waals surface area (Å²) in [6.07, 6.45) is 2.27. The zero-order valence-electron chi connectivity index (χ0n) is 9.08. The van der Waals surface area contributed by atoms with Crippen molar-refractivity contribution in [3.63, 3.8) is 0 Å². The van der Waals surface area contributed by atoms with Crippen LogP contribution in [0.2, 0.25) is 0 Å². The predicted octanol–water partition coefficient (Wildman–Crippen LogP) is 0.519. The van der Waals surface area contributed by atoms with Crippen molar-refractivity contribution in [3.8, 4) is 0 Å². The molecule has 1 heterocycles. The molecule has 0 unspecified atom stereocenters. The number of carbonyl (C=O) groups excluding carboxylic acids is 2. The Morgan fingerprint density at radius 1 is 1.60 bits per heavy atom. The zero-order valence-corrected chi connectivity index (χ0v) is 9.08. The summed E-state index contributed by atoms with van der Waals surface area (Å²) in [4.78, 5) is 24.5. The summed E-state index contributed by atoms with van der Waals surface area (Å²) in [5, 5.41) is 2.62. The Hall–Kier alpha value is -1.36. The second-order valence-corrected chi connectivity index (χ2v) is 3.73.